The van der Waals surface area contributed by atoms with Gasteiger partial charge in [0, 0.05) is 18.3 Å². The number of nitrogens with one attached hydrogen (secondary N) is 1. The Morgan fingerprint density at radius 2 is 2.20 bits per heavy atom. The van der Waals surface area contributed by atoms with E-state index in [0.717, 1.165) is 0 Å². The molecule has 0 spiro atoms. The summed E-state index contributed by atoms with van der Waals surface area (Å²) in [5, 5.41) is 9.06. The number of anilines is 1. The van der Waals surface area contributed by atoms with E-state index in [1.165, 1.54) is 0 Å². The second-order valence-electron chi connectivity index (χ2n) is 4.63. The normalized spacial score (nSPS) is 13.1. The second kappa shape index (κ2) is 8.08. The zero-order chi connectivity index (χ0) is 15.0. The predicted octanol–water partition coefficient (Wildman–Crippen LogP) is 0.728. The van der Waals surface area contributed by atoms with Crippen LogP contribution >= 0.6 is 0 Å². The van der Waals surface area contributed by atoms with Crippen LogP contribution in [-0.2, 0) is 10.0 Å². The molecule has 0 bridgehead atoms. The summed E-state index contributed by atoms with van der Waals surface area (Å²) in [4.78, 5) is 0. The molecule has 1 aromatic carbocycles. The molecule has 1 rings (SSSR count). The molecule has 6 nitrogen and oxygen atoms in total. The lowest BCUT2D eigenvalue weighted by molar-refractivity contribution is 0.182. The van der Waals surface area contributed by atoms with E-state index in [9.17, 15) is 8.42 Å². The van der Waals surface area contributed by atoms with Crippen LogP contribution in [0.25, 0.3) is 0 Å². The van der Waals surface area contributed by atoms with Crippen LogP contribution in [-0.4, -0.2) is 38.5 Å². The van der Waals surface area contributed by atoms with Crippen molar-refractivity contribution in [3.05, 3.63) is 24.3 Å². The molecule has 1 atom stereocenters. The lowest BCUT2D eigenvalue weighted by Gasteiger charge is -2.09. The number of rotatable bonds is 9. The number of benzene rings is 1. The van der Waals surface area contributed by atoms with Gasteiger partial charge in [-0.25, -0.2) is 13.1 Å². The van der Waals surface area contributed by atoms with Crippen molar-refractivity contribution < 1.29 is 18.3 Å². The lowest BCUT2D eigenvalue weighted by atomic mass is 10.2. The lowest BCUT2D eigenvalue weighted by Crippen LogP contribution is -2.30. The van der Waals surface area contributed by atoms with Crippen LogP contribution in [0, 0.1) is 0 Å². The van der Waals surface area contributed by atoms with E-state index in [1.54, 1.807) is 31.2 Å². The molecule has 20 heavy (non-hydrogen) atoms. The standard InChI is InChI=1S/C13H22N2O4S/c1-11(16)4-3-7-15-20(17,18)9-8-19-13-6-2-5-12(14)10-13/h2,5-6,10-11,15-16H,3-4,7-9,14H2,1H3. The van der Waals surface area contributed by atoms with Crippen LogP contribution < -0.4 is 15.2 Å². The molecule has 0 amide bonds. The molecule has 1 aromatic rings. The number of hydrogen-bond donors (Lipinski definition) is 3. The largest absolute Gasteiger partial charge is 0.492 e. The van der Waals surface area contributed by atoms with E-state index in [-0.39, 0.29) is 12.4 Å². The Balaban J connectivity index is 2.26. The number of aliphatic hydroxyl groups excluding tert-OH is 1. The van der Waals surface area contributed by atoms with E-state index in [4.69, 9.17) is 15.6 Å². The first-order chi connectivity index (χ1) is 9.39. The van der Waals surface area contributed by atoms with Crippen LogP contribution in [0.3, 0.4) is 0 Å². The highest BCUT2D eigenvalue weighted by Crippen LogP contribution is 2.14. The molecule has 4 N–H and O–H groups in total. The van der Waals surface area contributed by atoms with Gasteiger partial charge in [0.2, 0.25) is 10.0 Å². The fourth-order valence-corrected chi connectivity index (χ4v) is 2.47. The number of nitrogens with two attached hydrogens (primary N) is 1. The summed E-state index contributed by atoms with van der Waals surface area (Å²) >= 11 is 0. The Labute approximate surface area is 120 Å². The Hall–Kier alpha value is -1.31. The highest BCUT2D eigenvalue weighted by molar-refractivity contribution is 7.89. The average Bonchev–Trinajstić information content (AvgIpc) is 2.34. The van der Waals surface area contributed by atoms with Gasteiger partial charge in [0.25, 0.3) is 0 Å². The monoisotopic (exact) mass is 302 g/mol. The summed E-state index contributed by atoms with van der Waals surface area (Å²) < 4.78 is 31.1. The van der Waals surface area contributed by atoms with Gasteiger partial charge in [-0.15, -0.1) is 0 Å². The zero-order valence-corrected chi connectivity index (χ0v) is 12.4. The predicted molar refractivity (Wildman–Crippen MR) is 79.1 cm³/mol. The fourth-order valence-electron chi connectivity index (χ4n) is 1.57. The Kier molecular flexibility index (Phi) is 6.77. The molecule has 0 radical (unpaired) electrons. The molecule has 0 aromatic heterocycles. The van der Waals surface area contributed by atoms with Gasteiger partial charge in [-0.1, -0.05) is 6.07 Å². The minimum absolute atomic E-state index is 0.0647. The molecule has 1 unspecified atom stereocenters. The maximum absolute atomic E-state index is 11.7. The van der Waals surface area contributed by atoms with Crippen LogP contribution in [0.4, 0.5) is 5.69 Å². The first-order valence-corrected chi connectivity index (χ1v) is 8.18. The Morgan fingerprint density at radius 3 is 2.85 bits per heavy atom. The van der Waals surface area contributed by atoms with Crippen molar-refractivity contribution >= 4 is 15.7 Å². The first kappa shape index (κ1) is 16.7. The molecular formula is C13H22N2O4S. The highest BCUT2D eigenvalue weighted by atomic mass is 32.2. The van der Waals surface area contributed by atoms with Gasteiger partial charge in [-0.05, 0) is 31.9 Å². The third-order valence-corrected chi connectivity index (χ3v) is 3.95. The van der Waals surface area contributed by atoms with Crippen LogP contribution in [0.1, 0.15) is 19.8 Å². The molecule has 114 valence electrons. The summed E-state index contributed by atoms with van der Waals surface area (Å²) in [5.41, 5.74) is 6.16. The number of nitrogen functional groups attached to an aromatic ring is 1. The first-order valence-electron chi connectivity index (χ1n) is 6.53. The summed E-state index contributed by atoms with van der Waals surface area (Å²) in [5.74, 6) is 0.436. The van der Waals surface area contributed by atoms with E-state index in [0.29, 0.717) is 30.8 Å². The average molecular weight is 302 g/mol. The van der Waals surface area contributed by atoms with E-state index in [1.807, 2.05) is 0 Å². The molecule has 0 saturated carbocycles. The van der Waals surface area contributed by atoms with Crippen molar-refractivity contribution in [3.8, 4) is 5.75 Å². The van der Waals surface area contributed by atoms with Gasteiger partial charge in [-0.3, -0.25) is 0 Å². The molecule has 0 aliphatic heterocycles. The number of ether oxygens (including phenoxy) is 1. The number of sulfonamides is 1. The summed E-state index contributed by atoms with van der Waals surface area (Å²) in [6, 6.07) is 6.84. The van der Waals surface area contributed by atoms with E-state index < -0.39 is 16.1 Å². The van der Waals surface area contributed by atoms with Gasteiger partial charge in [0.05, 0.1) is 11.9 Å². The van der Waals surface area contributed by atoms with Gasteiger partial charge in [0.15, 0.2) is 0 Å². The molecule has 0 fully saturated rings. The Morgan fingerprint density at radius 1 is 1.45 bits per heavy atom. The van der Waals surface area contributed by atoms with E-state index in [2.05, 4.69) is 4.72 Å². The van der Waals surface area contributed by atoms with Crippen molar-refractivity contribution in [2.24, 2.45) is 0 Å². The van der Waals surface area contributed by atoms with Crippen LogP contribution in [0.2, 0.25) is 0 Å². The van der Waals surface area contributed by atoms with Crippen LogP contribution in [0.15, 0.2) is 24.3 Å². The van der Waals surface area contributed by atoms with Crippen molar-refractivity contribution in [1.82, 2.24) is 4.72 Å². The number of hydrogen-bond acceptors (Lipinski definition) is 5. The maximum Gasteiger partial charge on any atom is 0.214 e. The number of aliphatic hydroxyl groups is 1. The van der Waals surface area contributed by atoms with Gasteiger partial charge in [-0.2, -0.15) is 0 Å². The Bertz CT molecular complexity index is 503. The minimum Gasteiger partial charge on any atom is -0.492 e. The minimum atomic E-state index is -3.35. The topological polar surface area (TPSA) is 102 Å². The second-order valence-corrected chi connectivity index (χ2v) is 6.55. The fraction of sp³-hybridized carbons (Fsp3) is 0.538. The van der Waals surface area contributed by atoms with Crippen molar-refractivity contribution in [2.75, 3.05) is 24.6 Å². The molecule has 0 saturated heterocycles. The van der Waals surface area contributed by atoms with Gasteiger partial charge in [0.1, 0.15) is 12.4 Å². The maximum atomic E-state index is 11.7. The summed E-state index contributed by atoms with van der Waals surface area (Å²) in [6.07, 6.45) is 0.765. The SMILES string of the molecule is CC(O)CCCNS(=O)(=O)CCOc1cccc(N)c1. The van der Waals surface area contributed by atoms with Gasteiger partial charge >= 0.3 is 0 Å². The van der Waals surface area contributed by atoms with Crippen LogP contribution in [0.5, 0.6) is 5.75 Å². The molecule has 0 aliphatic rings. The van der Waals surface area contributed by atoms with Crippen molar-refractivity contribution in [1.29, 1.82) is 0 Å². The third-order valence-electron chi connectivity index (χ3n) is 2.60. The zero-order valence-electron chi connectivity index (χ0n) is 11.6. The quantitative estimate of drug-likeness (QED) is 0.461. The van der Waals surface area contributed by atoms with Gasteiger partial charge < -0.3 is 15.6 Å². The molecular weight excluding hydrogens is 280 g/mol. The third kappa shape index (κ3) is 7.32. The molecule has 0 aliphatic carbocycles. The highest BCUT2D eigenvalue weighted by Gasteiger charge is 2.10. The summed E-state index contributed by atoms with van der Waals surface area (Å²) in [6.45, 7) is 2.06. The van der Waals surface area contributed by atoms with Crippen molar-refractivity contribution in [2.45, 2.75) is 25.9 Å². The molecule has 7 heteroatoms. The van der Waals surface area contributed by atoms with Crippen molar-refractivity contribution in [3.63, 3.8) is 0 Å². The summed E-state index contributed by atoms with van der Waals surface area (Å²) in [7, 11) is -3.35. The molecule has 0 heterocycles. The van der Waals surface area contributed by atoms with E-state index >= 15 is 0 Å². The smallest absolute Gasteiger partial charge is 0.214 e.